The minimum atomic E-state index is -3.32. The van der Waals surface area contributed by atoms with Crippen molar-refractivity contribution >= 4 is 19.7 Å². The summed E-state index contributed by atoms with van der Waals surface area (Å²) >= 11 is 0. The van der Waals surface area contributed by atoms with Crippen LogP contribution in [0.1, 0.15) is 46.0 Å². The maximum Gasteiger partial charge on any atom is 0.235 e. The van der Waals surface area contributed by atoms with Gasteiger partial charge in [-0.1, -0.05) is 26.7 Å². The maximum absolute atomic E-state index is 11.2. The molecule has 0 N–H and O–H groups in total. The van der Waals surface area contributed by atoms with Crippen LogP contribution in [-0.2, 0) is 9.05 Å². The first-order valence-corrected chi connectivity index (χ1v) is 7.70. The third kappa shape index (κ3) is 3.77. The van der Waals surface area contributed by atoms with Crippen LogP contribution >= 0.6 is 10.7 Å². The Morgan fingerprint density at radius 3 is 2.50 bits per heavy atom. The van der Waals surface area contributed by atoms with Crippen LogP contribution in [0.25, 0.3) is 0 Å². The summed E-state index contributed by atoms with van der Waals surface area (Å²) in [4.78, 5) is 0. The van der Waals surface area contributed by atoms with Crippen LogP contribution in [0, 0.1) is 11.8 Å². The molecule has 0 saturated heterocycles. The lowest BCUT2D eigenvalue weighted by Gasteiger charge is -2.28. The zero-order chi connectivity index (χ0) is 10.8. The van der Waals surface area contributed by atoms with E-state index in [1.165, 1.54) is 6.42 Å². The summed E-state index contributed by atoms with van der Waals surface area (Å²) in [6.45, 7) is 4.36. The Labute approximate surface area is 91.5 Å². The van der Waals surface area contributed by atoms with E-state index in [1.54, 1.807) is 0 Å². The van der Waals surface area contributed by atoms with Gasteiger partial charge < -0.3 is 0 Å². The monoisotopic (exact) mass is 238 g/mol. The summed E-state index contributed by atoms with van der Waals surface area (Å²) in [6, 6.07) is 0. The Bertz CT molecular complexity index is 272. The molecule has 2 nitrogen and oxygen atoms in total. The average Bonchev–Trinajstić information content (AvgIpc) is 2.01. The Hall–Kier alpha value is 0.240. The Morgan fingerprint density at radius 2 is 2.00 bits per heavy atom. The third-order valence-electron chi connectivity index (χ3n) is 2.94. The van der Waals surface area contributed by atoms with Crippen molar-refractivity contribution in [1.82, 2.24) is 0 Å². The van der Waals surface area contributed by atoms with Crippen molar-refractivity contribution < 1.29 is 8.42 Å². The number of halogens is 1. The average molecular weight is 239 g/mol. The molecule has 0 aromatic carbocycles. The summed E-state index contributed by atoms with van der Waals surface area (Å²) in [6.07, 6.45) is 4.82. The van der Waals surface area contributed by atoms with Crippen molar-refractivity contribution in [3.8, 4) is 0 Å². The Morgan fingerprint density at radius 1 is 1.36 bits per heavy atom. The molecule has 0 aromatic rings. The first-order chi connectivity index (χ1) is 6.39. The van der Waals surface area contributed by atoms with Crippen LogP contribution in [0.15, 0.2) is 0 Å². The van der Waals surface area contributed by atoms with E-state index in [9.17, 15) is 8.42 Å². The molecule has 2 atom stereocenters. The van der Waals surface area contributed by atoms with Crippen LogP contribution in [0.4, 0.5) is 0 Å². The molecule has 1 rings (SSSR count). The van der Waals surface area contributed by atoms with E-state index >= 15 is 0 Å². The second kappa shape index (κ2) is 4.84. The number of hydrogen-bond donors (Lipinski definition) is 0. The molecule has 0 aliphatic heterocycles. The van der Waals surface area contributed by atoms with Crippen molar-refractivity contribution in [1.29, 1.82) is 0 Å². The fourth-order valence-electron chi connectivity index (χ4n) is 2.38. The van der Waals surface area contributed by atoms with Gasteiger partial charge in [-0.05, 0) is 31.1 Å². The zero-order valence-electron chi connectivity index (χ0n) is 8.87. The fraction of sp³-hybridized carbons (Fsp3) is 1.00. The van der Waals surface area contributed by atoms with Gasteiger partial charge in [0, 0.05) is 10.7 Å². The molecule has 84 valence electrons. The second-order valence-corrected chi connectivity index (χ2v) is 7.67. The highest BCUT2D eigenvalue weighted by atomic mass is 35.7. The standard InChI is InChI=1S/C10H19ClO2S/c1-8(2)6-9-4-3-5-10(7-9)14(11,12)13/h8-10H,3-7H2,1-2H3. The highest BCUT2D eigenvalue weighted by Gasteiger charge is 2.30. The Kier molecular flexibility index (Phi) is 4.26. The van der Waals surface area contributed by atoms with Gasteiger partial charge in [-0.25, -0.2) is 8.42 Å². The quantitative estimate of drug-likeness (QED) is 0.708. The fourth-order valence-corrected chi connectivity index (χ4v) is 3.81. The van der Waals surface area contributed by atoms with E-state index in [1.807, 2.05) is 0 Å². The largest absolute Gasteiger partial charge is 0.235 e. The van der Waals surface area contributed by atoms with E-state index in [-0.39, 0.29) is 5.25 Å². The summed E-state index contributed by atoms with van der Waals surface area (Å²) in [5, 5.41) is -0.290. The minimum Gasteiger partial charge on any atom is -0.212 e. The van der Waals surface area contributed by atoms with Crippen molar-refractivity contribution in [3.05, 3.63) is 0 Å². The SMILES string of the molecule is CC(C)CC1CCCC(S(=O)(=O)Cl)C1. The maximum atomic E-state index is 11.2. The molecule has 0 heterocycles. The van der Waals surface area contributed by atoms with Crippen molar-refractivity contribution in [3.63, 3.8) is 0 Å². The van der Waals surface area contributed by atoms with Crippen molar-refractivity contribution in [2.45, 2.75) is 51.2 Å². The summed E-state index contributed by atoms with van der Waals surface area (Å²) in [5.74, 6) is 1.21. The first kappa shape index (κ1) is 12.3. The summed E-state index contributed by atoms with van der Waals surface area (Å²) in [5.41, 5.74) is 0. The number of rotatable bonds is 3. The normalized spacial score (nSPS) is 29.4. The van der Waals surface area contributed by atoms with Gasteiger partial charge in [0.05, 0.1) is 5.25 Å². The van der Waals surface area contributed by atoms with Crippen LogP contribution < -0.4 is 0 Å². The highest BCUT2D eigenvalue weighted by Crippen LogP contribution is 2.33. The molecule has 0 amide bonds. The molecule has 2 unspecified atom stereocenters. The molecular formula is C10H19ClO2S. The lowest BCUT2D eigenvalue weighted by atomic mass is 9.83. The molecule has 1 fully saturated rings. The van der Waals surface area contributed by atoms with Gasteiger partial charge in [0.25, 0.3) is 0 Å². The van der Waals surface area contributed by atoms with Gasteiger partial charge in [0.2, 0.25) is 9.05 Å². The van der Waals surface area contributed by atoms with Crippen LogP contribution in [0.5, 0.6) is 0 Å². The zero-order valence-corrected chi connectivity index (χ0v) is 10.4. The van der Waals surface area contributed by atoms with E-state index in [0.29, 0.717) is 11.8 Å². The van der Waals surface area contributed by atoms with Gasteiger partial charge >= 0.3 is 0 Å². The molecule has 0 bridgehead atoms. The van der Waals surface area contributed by atoms with E-state index in [4.69, 9.17) is 10.7 Å². The lowest BCUT2D eigenvalue weighted by Crippen LogP contribution is -2.25. The molecular weight excluding hydrogens is 220 g/mol. The predicted molar refractivity (Wildman–Crippen MR) is 60.0 cm³/mol. The summed E-state index contributed by atoms with van der Waals surface area (Å²) in [7, 11) is 2.06. The van der Waals surface area contributed by atoms with Crippen LogP contribution in [0.3, 0.4) is 0 Å². The smallest absolute Gasteiger partial charge is 0.212 e. The first-order valence-electron chi connectivity index (χ1n) is 5.33. The van der Waals surface area contributed by atoms with Crippen LogP contribution in [0.2, 0.25) is 0 Å². The number of hydrogen-bond acceptors (Lipinski definition) is 2. The minimum absolute atomic E-state index is 0.290. The van der Waals surface area contributed by atoms with Crippen molar-refractivity contribution in [2.24, 2.45) is 11.8 Å². The lowest BCUT2D eigenvalue weighted by molar-refractivity contribution is 0.306. The molecule has 1 aliphatic carbocycles. The molecule has 0 spiro atoms. The molecule has 4 heteroatoms. The molecule has 0 aromatic heterocycles. The molecule has 14 heavy (non-hydrogen) atoms. The van der Waals surface area contributed by atoms with E-state index < -0.39 is 9.05 Å². The summed E-state index contributed by atoms with van der Waals surface area (Å²) < 4.78 is 22.4. The van der Waals surface area contributed by atoms with Gasteiger partial charge in [0.15, 0.2) is 0 Å². The van der Waals surface area contributed by atoms with Gasteiger partial charge in [-0.3, -0.25) is 0 Å². The van der Waals surface area contributed by atoms with Crippen LogP contribution in [-0.4, -0.2) is 13.7 Å². The topological polar surface area (TPSA) is 34.1 Å². The van der Waals surface area contributed by atoms with E-state index in [0.717, 1.165) is 25.7 Å². The third-order valence-corrected chi connectivity index (χ3v) is 4.92. The second-order valence-electron chi connectivity index (χ2n) is 4.76. The van der Waals surface area contributed by atoms with E-state index in [2.05, 4.69) is 13.8 Å². The van der Waals surface area contributed by atoms with Gasteiger partial charge in [0.1, 0.15) is 0 Å². The molecule has 0 radical (unpaired) electrons. The van der Waals surface area contributed by atoms with Gasteiger partial charge in [-0.15, -0.1) is 0 Å². The van der Waals surface area contributed by atoms with Gasteiger partial charge in [-0.2, -0.15) is 0 Å². The predicted octanol–water partition coefficient (Wildman–Crippen LogP) is 3.16. The Balaban J connectivity index is 2.52. The highest BCUT2D eigenvalue weighted by molar-refractivity contribution is 8.14. The van der Waals surface area contributed by atoms with Crippen molar-refractivity contribution in [2.75, 3.05) is 0 Å². The molecule has 1 aliphatic rings. The molecule has 1 saturated carbocycles.